The van der Waals surface area contributed by atoms with Gasteiger partial charge < -0.3 is 19.7 Å². The van der Waals surface area contributed by atoms with Crippen molar-refractivity contribution in [1.82, 2.24) is 19.9 Å². The Labute approximate surface area is 191 Å². The molecule has 5 rings (SSSR count). The number of ether oxygens (including phenoxy) is 1. The van der Waals surface area contributed by atoms with Gasteiger partial charge in [0.25, 0.3) is 0 Å². The molecule has 0 aliphatic carbocycles. The van der Waals surface area contributed by atoms with Gasteiger partial charge in [0.15, 0.2) is 5.78 Å². The molecule has 1 aliphatic rings. The van der Waals surface area contributed by atoms with Crippen molar-refractivity contribution in [3.63, 3.8) is 0 Å². The average Bonchev–Trinajstić information content (AvgIpc) is 3.53. The van der Waals surface area contributed by atoms with Gasteiger partial charge in [-0.1, -0.05) is 6.07 Å². The van der Waals surface area contributed by atoms with Crippen LogP contribution in [0.3, 0.4) is 0 Å². The Morgan fingerprint density at radius 1 is 1.06 bits per heavy atom. The summed E-state index contributed by atoms with van der Waals surface area (Å²) < 4.78 is 5.40. The van der Waals surface area contributed by atoms with Gasteiger partial charge >= 0.3 is 0 Å². The molecule has 0 bridgehead atoms. The zero-order valence-corrected chi connectivity index (χ0v) is 18.2. The molecule has 3 heterocycles. The van der Waals surface area contributed by atoms with Crippen LogP contribution in [0.5, 0.6) is 5.75 Å². The normalized spacial score (nSPS) is 13.5. The number of aliphatic hydroxyl groups excluding tert-OH is 1. The molecule has 0 unspecified atom stereocenters. The van der Waals surface area contributed by atoms with E-state index in [1.165, 1.54) is 0 Å². The van der Waals surface area contributed by atoms with E-state index < -0.39 is 0 Å². The topological polar surface area (TPSA) is 104 Å². The van der Waals surface area contributed by atoms with Crippen LogP contribution in [0.25, 0.3) is 22.4 Å². The highest BCUT2D eigenvalue weighted by Crippen LogP contribution is 2.24. The van der Waals surface area contributed by atoms with Crippen molar-refractivity contribution < 1.29 is 14.6 Å². The summed E-state index contributed by atoms with van der Waals surface area (Å²) in [7, 11) is 0. The molecule has 8 nitrogen and oxygen atoms in total. The summed E-state index contributed by atoms with van der Waals surface area (Å²) in [5, 5.41) is 8.87. The van der Waals surface area contributed by atoms with Crippen LogP contribution >= 0.6 is 0 Å². The van der Waals surface area contributed by atoms with Crippen molar-refractivity contribution in [2.45, 2.75) is 19.3 Å². The van der Waals surface area contributed by atoms with Gasteiger partial charge in [-0.25, -0.2) is 15.0 Å². The zero-order chi connectivity index (χ0) is 22.6. The lowest BCUT2D eigenvalue weighted by molar-refractivity contribution is 0.0992. The summed E-state index contributed by atoms with van der Waals surface area (Å²) in [6.07, 6.45) is 5.85. The lowest BCUT2D eigenvalue weighted by atomic mass is 10.0. The maximum absolute atomic E-state index is 12.8. The predicted octanol–water partition coefficient (Wildman–Crippen LogP) is 3.42. The minimum absolute atomic E-state index is 0.0134. The number of aliphatic hydroxyl groups is 1. The average molecular weight is 444 g/mol. The first-order valence-corrected chi connectivity index (χ1v) is 11.1. The molecule has 0 radical (unpaired) electrons. The lowest BCUT2D eigenvalue weighted by Crippen LogP contribution is -2.20. The van der Waals surface area contributed by atoms with Crippen LogP contribution in [-0.4, -0.2) is 57.1 Å². The number of nitrogens with one attached hydrogen (secondary N) is 1. The van der Waals surface area contributed by atoms with Crippen LogP contribution in [0.15, 0.2) is 54.9 Å². The molecule has 1 fully saturated rings. The van der Waals surface area contributed by atoms with Gasteiger partial charge in [-0.2, -0.15) is 0 Å². The monoisotopic (exact) mass is 443 g/mol. The number of nitrogens with zero attached hydrogens (tertiary/aromatic N) is 4. The fourth-order valence-electron chi connectivity index (χ4n) is 4.01. The summed E-state index contributed by atoms with van der Waals surface area (Å²) in [5.41, 5.74) is 4.05. The number of ketones is 1. The summed E-state index contributed by atoms with van der Waals surface area (Å²) in [4.78, 5) is 31.7. The van der Waals surface area contributed by atoms with Crippen LogP contribution < -0.4 is 9.64 Å². The number of anilines is 1. The molecule has 0 atom stereocenters. The number of H-pyrrole nitrogens is 1. The predicted molar refractivity (Wildman–Crippen MR) is 126 cm³/mol. The molecule has 2 aromatic heterocycles. The number of carbonyl (C=O) groups excluding carboxylic acids is 1. The SMILES string of the molecule is O=C(Cc1ccc2nc(-c3ccc(OCCO)cc3)[nH]c2c1)c1cnc(N2CCCC2)nc1. The molecule has 33 heavy (non-hydrogen) atoms. The molecule has 8 heteroatoms. The van der Waals surface area contributed by atoms with Gasteiger partial charge in [-0.05, 0) is 54.8 Å². The Balaban J connectivity index is 1.28. The molecule has 168 valence electrons. The van der Waals surface area contributed by atoms with Crippen LogP contribution in [0, 0.1) is 0 Å². The number of fused-ring (bicyclic) bond motifs is 1. The van der Waals surface area contributed by atoms with Gasteiger partial charge in [0.05, 0.1) is 23.2 Å². The van der Waals surface area contributed by atoms with Gasteiger partial charge in [-0.3, -0.25) is 4.79 Å². The highest BCUT2D eigenvalue weighted by atomic mass is 16.5. The number of aromatic nitrogens is 4. The Morgan fingerprint density at radius 2 is 1.82 bits per heavy atom. The van der Waals surface area contributed by atoms with E-state index in [2.05, 4.69) is 24.8 Å². The minimum atomic E-state index is -0.0207. The van der Waals surface area contributed by atoms with E-state index in [1.807, 2.05) is 42.5 Å². The maximum Gasteiger partial charge on any atom is 0.225 e. The molecule has 2 aromatic carbocycles. The number of hydrogen-bond donors (Lipinski definition) is 2. The number of Topliss-reactive ketones (excluding diaryl/α,β-unsaturated/α-hetero) is 1. The lowest BCUT2D eigenvalue weighted by Gasteiger charge is -2.14. The van der Waals surface area contributed by atoms with Crippen molar-refractivity contribution in [1.29, 1.82) is 0 Å². The van der Waals surface area contributed by atoms with E-state index in [9.17, 15) is 4.79 Å². The van der Waals surface area contributed by atoms with Gasteiger partial charge in [0.2, 0.25) is 5.95 Å². The number of hydrogen-bond acceptors (Lipinski definition) is 7. The smallest absolute Gasteiger partial charge is 0.225 e. The highest BCUT2D eigenvalue weighted by Gasteiger charge is 2.16. The van der Waals surface area contributed by atoms with E-state index in [4.69, 9.17) is 9.84 Å². The van der Waals surface area contributed by atoms with Crippen LogP contribution in [-0.2, 0) is 6.42 Å². The number of carbonyl (C=O) groups is 1. The number of imidazole rings is 1. The van der Waals surface area contributed by atoms with Crippen molar-refractivity contribution in [3.05, 3.63) is 66.0 Å². The van der Waals surface area contributed by atoms with Crippen LogP contribution in [0.4, 0.5) is 5.95 Å². The van der Waals surface area contributed by atoms with Gasteiger partial charge in [-0.15, -0.1) is 0 Å². The number of benzene rings is 2. The maximum atomic E-state index is 12.8. The fourth-order valence-corrected chi connectivity index (χ4v) is 4.01. The fraction of sp³-hybridized carbons (Fsp3) is 0.280. The van der Waals surface area contributed by atoms with Crippen molar-refractivity contribution in [2.75, 3.05) is 31.2 Å². The van der Waals surface area contributed by atoms with E-state index >= 15 is 0 Å². The molecule has 4 aromatic rings. The molecule has 1 saturated heterocycles. The van der Waals surface area contributed by atoms with E-state index in [0.29, 0.717) is 17.3 Å². The summed E-state index contributed by atoms with van der Waals surface area (Å²) in [5.74, 6) is 2.12. The Hall–Kier alpha value is -3.78. The van der Waals surface area contributed by atoms with Crippen molar-refractivity contribution >= 4 is 22.8 Å². The Morgan fingerprint density at radius 3 is 2.55 bits per heavy atom. The Kier molecular flexibility index (Phi) is 5.99. The number of rotatable bonds is 8. The second-order valence-corrected chi connectivity index (χ2v) is 8.10. The van der Waals surface area contributed by atoms with E-state index in [0.717, 1.165) is 53.9 Å². The summed E-state index contributed by atoms with van der Waals surface area (Å²) in [6.45, 7) is 2.19. The van der Waals surface area contributed by atoms with Gasteiger partial charge in [0, 0.05) is 37.5 Å². The van der Waals surface area contributed by atoms with Gasteiger partial charge in [0.1, 0.15) is 18.2 Å². The molecular formula is C25H25N5O3. The largest absolute Gasteiger partial charge is 0.491 e. The minimum Gasteiger partial charge on any atom is -0.491 e. The van der Waals surface area contributed by atoms with Crippen LogP contribution in [0.1, 0.15) is 28.8 Å². The molecule has 2 N–H and O–H groups in total. The van der Waals surface area contributed by atoms with Crippen molar-refractivity contribution in [2.24, 2.45) is 0 Å². The van der Waals surface area contributed by atoms with Crippen LogP contribution in [0.2, 0.25) is 0 Å². The van der Waals surface area contributed by atoms with E-state index in [-0.39, 0.29) is 25.4 Å². The summed E-state index contributed by atoms with van der Waals surface area (Å²) in [6, 6.07) is 13.3. The third-order valence-electron chi connectivity index (χ3n) is 5.75. The molecular weight excluding hydrogens is 418 g/mol. The Bertz CT molecular complexity index is 1250. The molecule has 0 saturated carbocycles. The third kappa shape index (κ3) is 4.70. The molecule has 0 spiro atoms. The second-order valence-electron chi connectivity index (χ2n) is 8.10. The summed E-state index contributed by atoms with van der Waals surface area (Å²) >= 11 is 0. The number of aromatic amines is 1. The third-order valence-corrected chi connectivity index (χ3v) is 5.75. The second kappa shape index (κ2) is 9.38. The molecule has 0 amide bonds. The first kappa shape index (κ1) is 21.1. The molecule has 1 aliphatic heterocycles. The van der Waals surface area contributed by atoms with E-state index in [1.54, 1.807) is 12.4 Å². The standard InChI is InChI=1S/C25H25N5O3/c31-11-12-33-20-6-4-18(5-7-20)24-28-21-8-3-17(13-22(21)29-24)14-23(32)19-15-26-25(27-16-19)30-9-1-2-10-30/h3-8,13,15-16,31H,1-2,9-12,14H2,(H,28,29). The van der Waals surface area contributed by atoms with Crippen molar-refractivity contribution in [3.8, 4) is 17.1 Å². The highest BCUT2D eigenvalue weighted by molar-refractivity contribution is 5.97. The quantitative estimate of drug-likeness (QED) is 0.402. The first-order valence-electron chi connectivity index (χ1n) is 11.1. The first-order chi connectivity index (χ1) is 16.2. The zero-order valence-electron chi connectivity index (χ0n) is 18.2.